The molecule has 0 aliphatic carbocycles. The third kappa shape index (κ3) is 7.24. The van der Waals surface area contributed by atoms with Crippen molar-refractivity contribution in [3.05, 3.63) is 23.8 Å². The average molecular weight is 525 g/mol. The number of alkyl halides is 2. The Morgan fingerprint density at radius 1 is 1.00 bits per heavy atom. The second-order valence-electron chi connectivity index (χ2n) is 6.34. The third-order valence-corrected chi connectivity index (χ3v) is 10.1. The fraction of sp³-hybridized carbons (Fsp3) is 0.533. The number of rotatable bonds is 10. The second kappa shape index (κ2) is 10.0. The van der Waals surface area contributed by atoms with Crippen LogP contribution in [0.15, 0.2) is 23.1 Å². The van der Waals surface area contributed by atoms with Crippen molar-refractivity contribution < 1.29 is 34.6 Å². The fourth-order valence-corrected chi connectivity index (χ4v) is 4.96. The van der Waals surface area contributed by atoms with Crippen LogP contribution in [0.25, 0.3) is 0 Å². The van der Waals surface area contributed by atoms with Gasteiger partial charge in [0.25, 0.3) is 16.0 Å². The SMILES string of the molecule is CC(Cl)S(=O)(=O)CCN(CCS(=O)(=O)C(C)Cl)C(=O)c1ccc(N)c(S(=O)(=O)O)c1. The summed E-state index contributed by atoms with van der Waals surface area (Å²) in [5.74, 6) is -1.98. The van der Waals surface area contributed by atoms with E-state index in [2.05, 4.69) is 0 Å². The van der Waals surface area contributed by atoms with Gasteiger partial charge in [0.15, 0.2) is 19.7 Å². The van der Waals surface area contributed by atoms with E-state index in [0.717, 1.165) is 23.1 Å². The van der Waals surface area contributed by atoms with E-state index in [-0.39, 0.29) is 11.3 Å². The molecule has 0 spiro atoms. The molecule has 0 saturated heterocycles. The summed E-state index contributed by atoms with van der Waals surface area (Å²) in [6.45, 7) is 1.66. The van der Waals surface area contributed by atoms with E-state index in [1.165, 1.54) is 13.8 Å². The maximum absolute atomic E-state index is 12.9. The minimum Gasteiger partial charge on any atom is -0.398 e. The lowest BCUT2D eigenvalue weighted by Crippen LogP contribution is -2.40. The number of benzene rings is 1. The van der Waals surface area contributed by atoms with Gasteiger partial charge in [-0.2, -0.15) is 8.42 Å². The number of carbonyl (C=O) groups excluding carboxylic acids is 1. The van der Waals surface area contributed by atoms with E-state index in [1.54, 1.807) is 0 Å². The predicted octanol–water partition coefficient (Wildman–Crippen LogP) is 0.957. The first kappa shape index (κ1) is 26.9. The normalized spacial score (nSPS) is 14.8. The summed E-state index contributed by atoms with van der Waals surface area (Å²) in [5, 5.41) is 0. The number of nitrogens with two attached hydrogens (primary N) is 1. The highest BCUT2D eigenvalue weighted by atomic mass is 35.5. The zero-order valence-electron chi connectivity index (χ0n) is 16.0. The smallest absolute Gasteiger partial charge is 0.296 e. The van der Waals surface area contributed by atoms with Crippen LogP contribution in [0.4, 0.5) is 5.69 Å². The topological polar surface area (TPSA) is 169 Å². The number of amides is 1. The van der Waals surface area contributed by atoms with Gasteiger partial charge in [0, 0.05) is 18.7 Å². The van der Waals surface area contributed by atoms with Gasteiger partial charge in [-0.25, -0.2) is 16.8 Å². The third-order valence-electron chi connectivity index (χ3n) is 4.11. The molecule has 0 aromatic heterocycles. The monoisotopic (exact) mass is 524 g/mol. The molecule has 0 aliphatic rings. The summed E-state index contributed by atoms with van der Waals surface area (Å²) in [6, 6.07) is 3.05. The molecule has 15 heteroatoms. The molecule has 2 unspecified atom stereocenters. The molecule has 0 bridgehead atoms. The summed E-state index contributed by atoms with van der Waals surface area (Å²) in [7, 11) is -12.3. The molecule has 1 rings (SSSR count). The fourth-order valence-electron chi connectivity index (χ4n) is 2.19. The minimum absolute atomic E-state index is 0.246. The van der Waals surface area contributed by atoms with Gasteiger partial charge in [-0.15, -0.1) is 23.2 Å². The molecule has 30 heavy (non-hydrogen) atoms. The van der Waals surface area contributed by atoms with Crippen LogP contribution in [0.1, 0.15) is 24.2 Å². The van der Waals surface area contributed by atoms with Gasteiger partial charge in [-0.3, -0.25) is 9.35 Å². The Morgan fingerprint density at radius 2 is 1.43 bits per heavy atom. The first-order valence-electron chi connectivity index (χ1n) is 8.36. The van der Waals surface area contributed by atoms with Crippen molar-refractivity contribution in [3.8, 4) is 0 Å². The summed E-state index contributed by atoms with van der Waals surface area (Å²) in [5.41, 5.74) is 4.94. The molecular formula is C15H22Cl2N2O8S3. The zero-order chi connectivity index (χ0) is 23.5. The molecule has 0 saturated carbocycles. The van der Waals surface area contributed by atoms with E-state index < -0.39 is 74.6 Å². The molecule has 1 aromatic carbocycles. The number of halogens is 2. The summed E-state index contributed by atoms with van der Waals surface area (Å²) in [4.78, 5) is 13.1. The van der Waals surface area contributed by atoms with Gasteiger partial charge in [-0.05, 0) is 32.0 Å². The van der Waals surface area contributed by atoms with Crippen molar-refractivity contribution in [1.29, 1.82) is 0 Å². The zero-order valence-corrected chi connectivity index (χ0v) is 20.0. The molecule has 3 N–H and O–H groups in total. The number of nitrogen functional groups attached to an aromatic ring is 1. The highest BCUT2D eigenvalue weighted by Crippen LogP contribution is 2.21. The van der Waals surface area contributed by atoms with Crippen LogP contribution in [-0.4, -0.2) is 74.6 Å². The van der Waals surface area contributed by atoms with Crippen molar-refractivity contribution in [2.75, 3.05) is 30.3 Å². The Hall–Kier alpha value is -1.12. The minimum atomic E-state index is -4.73. The van der Waals surface area contributed by atoms with Crippen LogP contribution in [0.3, 0.4) is 0 Å². The van der Waals surface area contributed by atoms with Crippen LogP contribution in [0.2, 0.25) is 0 Å². The number of sulfone groups is 2. The van der Waals surface area contributed by atoms with Crippen LogP contribution < -0.4 is 5.73 Å². The number of carbonyl (C=O) groups is 1. The Kier molecular flexibility index (Phi) is 8.97. The van der Waals surface area contributed by atoms with E-state index in [1.807, 2.05) is 0 Å². The van der Waals surface area contributed by atoms with Gasteiger partial charge in [0.05, 0.1) is 17.2 Å². The van der Waals surface area contributed by atoms with Gasteiger partial charge in [0.1, 0.15) is 14.3 Å². The largest absolute Gasteiger partial charge is 0.398 e. The van der Waals surface area contributed by atoms with E-state index in [0.29, 0.717) is 0 Å². The molecule has 0 radical (unpaired) electrons. The standard InChI is InChI=1S/C15H22Cl2N2O8S3/c1-10(16)28(21,22)7-5-19(6-8-29(23,24)11(2)17)15(20)12-3-4-13(18)14(9-12)30(25,26)27/h3-4,9-11H,5-8,18H2,1-2H3,(H,25,26,27). The number of anilines is 1. The highest BCUT2D eigenvalue weighted by molar-refractivity contribution is 7.93. The molecule has 172 valence electrons. The molecule has 1 amide bonds. The Bertz CT molecular complexity index is 1060. The quantitative estimate of drug-likeness (QED) is 0.257. The van der Waals surface area contributed by atoms with Crippen molar-refractivity contribution in [2.45, 2.75) is 28.2 Å². The summed E-state index contributed by atoms with van der Waals surface area (Å²) < 4.78 is 77.6. The first-order valence-corrected chi connectivity index (χ1v) is 14.1. The van der Waals surface area contributed by atoms with Crippen molar-refractivity contribution in [1.82, 2.24) is 4.90 Å². The summed E-state index contributed by atoms with van der Waals surface area (Å²) >= 11 is 11.2. The van der Waals surface area contributed by atoms with Crippen LogP contribution >= 0.6 is 23.2 Å². The second-order valence-corrected chi connectivity index (χ2v) is 14.4. The predicted molar refractivity (Wildman–Crippen MR) is 115 cm³/mol. The highest BCUT2D eigenvalue weighted by Gasteiger charge is 2.26. The van der Waals surface area contributed by atoms with Crippen LogP contribution in [0, 0.1) is 0 Å². The lowest BCUT2D eigenvalue weighted by molar-refractivity contribution is 0.0775. The molecule has 2 atom stereocenters. The van der Waals surface area contributed by atoms with E-state index >= 15 is 0 Å². The number of hydrogen-bond acceptors (Lipinski definition) is 8. The van der Waals surface area contributed by atoms with Crippen molar-refractivity contribution in [2.24, 2.45) is 0 Å². The van der Waals surface area contributed by atoms with Gasteiger partial charge in [-0.1, -0.05) is 0 Å². The van der Waals surface area contributed by atoms with Crippen molar-refractivity contribution in [3.63, 3.8) is 0 Å². The lowest BCUT2D eigenvalue weighted by Gasteiger charge is -2.23. The number of nitrogens with zero attached hydrogens (tertiary/aromatic N) is 1. The van der Waals surface area contributed by atoms with Crippen LogP contribution in [0.5, 0.6) is 0 Å². The molecule has 0 heterocycles. The molecule has 10 nitrogen and oxygen atoms in total. The number of hydrogen-bond donors (Lipinski definition) is 2. The maximum Gasteiger partial charge on any atom is 0.296 e. The maximum atomic E-state index is 12.9. The van der Waals surface area contributed by atoms with Crippen LogP contribution in [-0.2, 0) is 29.8 Å². The van der Waals surface area contributed by atoms with Gasteiger partial charge >= 0.3 is 0 Å². The van der Waals surface area contributed by atoms with E-state index in [4.69, 9.17) is 28.9 Å². The van der Waals surface area contributed by atoms with Gasteiger partial charge < -0.3 is 10.6 Å². The van der Waals surface area contributed by atoms with E-state index in [9.17, 15) is 34.6 Å². The molecular weight excluding hydrogens is 503 g/mol. The molecule has 1 aromatic rings. The Balaban J connectivity index is 3.28. The molecule has 0 fully saturated rings. The van der Waals surface area contributed by atoms with Crippen molar-refractivity contribution >= 4 is 64.6 Å². The first-order chi connectivity index (χ1) is 13.5. The lowest BCUT2D eigenvalue weighted by atomic mass is 10.2. The molecule has 0 aliphatic heterocycles. The average Bonchev–Trinajstić information content (AvgIpc) is 2.60. The Morgan fingerprint density at radius 3 is 1.80 bits per heavy atom. The Labute approximate surface area is 185 Å². The van der Waals surface area contributed by atoms with Gasteiger partial charge in [0.2, 0.25) is 0 Å². The summed E-state index contributed by atoms with van der Waals surface area (Å²) in [6.07, 6.45) is 0.